The molecule has 2 aromatic carbocycles. The summed E-state index contributed by atoms with van der Waals surface area (Å²) in [6.45, 7) is 1.78. The van der Waals surface area contributed by atoms with Crippen LogP contribution >= 0.6 is 15.9 Å². The number of halogens is 1. The van der Waals surface area contributed by atoms with Crippen LogP contribution in [0.4, 0.5) is 5.82 Å². The van der Waals surface area contributed by atoms with Crippen molar-refractivity contribution in [1.82, 2.24) is 9.78 Å². The third kappa shape index (κ3) is 3.73. The number of aryl methyl sites for hydroxylation is 1. The van der Waals surface area contributed by atoms with Gasteiger partial charge >= 0.3 is 0 Å². The Morgan fingerprint density at radius 3 is 2.56 bits per heavy atom. The van der Waals surface area contributed by atoms with Crippen molar-refractivity contribution >= 4 is 31.8 Å². The SMILES string of the molecule is Cc1cc(NS(=O)(=O)c2cc(Br)cc(C#N)c2)n(-c2ccccc2)n1. The molecule has 3 rings (SSSR count). The number of sulfonamides is 1. The van der Waals surface area contributed by atoms with E-state index >= 15 is 0 Å². The Kier molecular flexibility index (Phi) is 4.61. The standard InChI is InChI=1S/C17H13BrN4O2S/c1-12-7-17(22(20-12)15-5-3-2-4-6-15)21-25(23,24)16-9-13(11-19)8-14(18)10-16/h2-10,21H,1H3. The Morgan fingerprint density at radius 1 is 1.16 bits per heavy atom. The highest BCUT2D eigenvalue weighted by molar-refractivity contribution is 9.10. The number of rotatable bonds is 4. The number of benzene rings is 2. The van der Waals surface area contributed by atoms with Gasteiger partial charge in [-0.2, -0.15) is 10.4 Å². The van der Waals surface area contributed by atoms with Crippen molar-refractivity contribution in [2.75, 3.05) is 4.72 Å². The Bertz CT molecular complexity index is 1070. The first kappa shape index (κ1) is 17.2. The number of hydrogen-bond acceptors (Lipinski definition) is 4. The zero-order chi connectivity index (χ0) is 18.0. The fourth-order valence-electron chi connectivity index (χ4n) is 2.32. The fourth-order valence-corrected chi connectivity index (χ4v) is 4.06. The maximum atomic E-state index is 12.7. The number of aromatic nitrogens is 2. The minimum Gasteiger partial charge on any atom is -0.263 e. The van der Waals surface area contributed by atoms with Crippen molar-refractivity contribution in [3.05, 3.63) is 70.3 Å². The molecule has 6 nitrogen and oxygen atoms in total. The van der Waals surface area contributed by atoms with E-state index in [0.717, 1.165) is 5.69 Å². The van der Waals surface area contributed by atoms with Crippen LogP contribution in [-0.4, -0.2) is 18.2 Å². The van der Waals surface area contributed by atoms with Crippen molar-refractivity contribution < 1.29 is 8.42 Å². The zero-order valence-electron chi connectivity index (χ0n) is 13.1. The fraction of sp³-hybridized carbons (Fsp3) is 0.0588. The van der Waals surface area contributed by atoms with Gasteiger partial charge in [0.25, 0.3) is 10.0 Å². The van der Waals surface area contributed by atoms with Crippen molar-refractivity contribution in [2.24, 2.45) is 0 Å². The highest BCUT2D eigenvalue weighted by Crippen LogP contribution is 2.24. The molecule has 8 heteroatoms. The summed E-state index contributed by atoms with van der Waals surface area (Å²) in [4.78, 5) is -0.00288. The molecule has 1 heterocycles. The molecule has 25 heavy (non-hydrogen) atoms. The molecule has 0 atom stereocenters. The van der Waals surface area contributed by atoms with E-state index in [4.69, 9.17) is 5.26 Å². The number of nitrogens with one attached hydrogen (secondary N) is 1. The molecule has 0 saturated carbocycles. The van der Waals surface area contributed by atoms with Crippen molar-refractivity contribution in [3.8, 4) is 11.8 Å². The van der Waals surface area contributed by atoms with Gasteiger partial charge in [0.1, 0.15) is 5.82 Å². The van der Waals surface area contributed by atoms with E-state index in [-0.39, 0.29) is 10.5 Å². The molecular weight excluding hydrogens is 404 g/mol. The average Bonchev–Trinajstić information content (AvgIpc) is 2.94. The predicted octanol–water partition coefficient (Wildman–Crippen LogP) is 3.62. The van der Waals surface area contributed by atoms with Gasteiger partial charge in [-0.25, -0.2) is 13.1 Å². The van der Waals surface area contributed by atoms with Crippen molar-refractivity contribution in [1.29, 1.82) is 5.26 Å². The minimum absolute atomic E-state index is 0.00288. The second kappa shape index (κ2) is 6.70. The molecule has 0 fully saturated rings. The molecular formula is C17H13BrN4O2S. The summed E-state index contributed by atoms with van der Waals surface area (Å²) in [5.74, 6) is 0.321. The lowest BCUT2D eigenvalue weighted by molar-refractivity contribution is 0.600. The lowest BCUT2D eigenvalue weighted by atomic mass is 10.2. The monoisotopic (exact) mass is 416 g/mol. The van der Waals surface area contributed by atoms with E-state index in [2.05, 4.69) is 25.8 Å². The molecule has 3 aromatic rings. The van der Waals surface area contributed by atoms with Crippen LogP contribution in [0.5, 0.6) is 0 Å². The summed E-state index contributed by atoms with van der Waals surface area (Å²) < 4.78 is 30.0. The molecule has 0 saturated heterocycles. The molecule has 0 aliphatic heterocycles. The van der Waals surface area contributed by atoms with Gasteiger partial charge in [-0.1, -0.05) is 34.1 Å². The molecule has 0 bridgehead atoms. The number of para-hydroxylation sites is 1. The maximum absolute atomic E-state index is 12.7. The quantitative estimate of drug-likeness (QED) is 0.703. The van der Waals surface area contributed by atoms with Crippen LogP contribution in [-0.2, 0) is 10.0 Å². The Hall–Kier alpha value is -2.63. The van der Waals surface area contributed by atoms with Gasteiger partial charge in [0.05, 0.1) is 27.9 Å². The van der Waals surface area contributed by atoms with Crippen LogP contribution in [0.15, 0.2) is 64.0 Å². The summed E-state index contributed by atoms with van der Waals surface area (Å²) in [5.41, 5.74) is 1.66. The second-order valence-electron chi connectivity index (χ2n) is 5.31. The van der Waals surface area contributed by atoms with E-state index in [1.54, 1.807) is 19.1 Å². The zero-order valence-corrected chi connectivity index (χ0v) is 15.5. The maximum Gasteiger partial charge on any atom is 0.263 e. The van der Waals surface area contributed by atoms with E-state index in [9.17, 15) is 8.42 Å². The number of hydrogen-bond donors (Lipinski definition) is 1. The molecule has 0 unspecified atom stereocenters. The molecule has 126 valence electrons. The lowest BCUT2D eigenvalue weighted by Crippen LogP contribution is -2.16. The summed E-state index contributed by atoms with van der Waals surface area (Å²) in [7, 11) is -3.88. The molecule has 0 aliphatic rings. The summed E-state index contributed by atoms with van der Waals surface area (Å²) in [6.07, 6.45) is 0. The van der Waals surface area contributed by atoms with E-state index in [1.807, 2.05) is 36.4 Å². The first-order valence-electron chi connectivity index (χ1n) is 7.25. The topological polar surface area (TPSA) is 87.8 Å². The number of nitrogens with zero attached hydrogens (tertiary/aromatic N) is 3. The van der Waals surface area contributed by atoms with Crippen LogP contribution in [0.1, 0.15) is 11.3 Å². The van der Waals surface area contributed by atoms with Crippen molar-refractivity contribution in [3.63, 3.8) is 0 Å². The average molecular weight is 417 g/mol. The molecule has 1 aromatic heterocycles. The molecule has 0 radical (unpaired) electrons. The number of anilines is 1. The van der Waals surface area contributed by atoms with Crippen LogP contribution in [0.2, 0.25) is 0 Å². The predicted molar refractivity (Wildman–Crippen MR) is 98.0 cm³/mol. The summed E-state index contributed by atoms with van der Waals surface area (Å²) >= 11 is 3.23. The number of nitriles is 1. The minimum atomic E-state index is -3.88. The van der Waals surface area contributed by atoms with Crippen LogP contribution < -0.4 is 4.72 Å². The highest BCUT2D eigenvalue weighted by atomic mass is 79.9. The van der Waals surface area contributed by atoms with E-state index in [1.165, 1.54) is 16.8 Å². The van der Waals surface area contributed by atoms with Gasteiger partial charge < -0.3 is 0 Å². The highest BCUT2D eigenvalue weighted by Gasteiger charge is 2.19. The Morgan fingerprint density at radius 2 is 1.88 bits per heavy atom. The third-order valence-electron chi connectivity index (χ3n) is 3.38. The van der Waals surface area contributed by atoms with Crippen LogP contribution in [0.3, 0.4) is 0 Å². The smallest absolute Gasteiger partial charge is 0.263 e. The van der Waals surface area contributed by atoms with Gasteiger partial charge in [-0.15, -0.1) is 0 Å². The van der Waals surface area contributed by atoms with Gasteiger partial charge in [0.15, 0.2) is 0 Å². The van der Waals surface area contributed by atoms with Gasteiger partial charge in [0, 0.05) is 10.5 Å². The van der Waals surface area contributed by atoms with Crippen molar-refractivity contribution in [2.45, 2.75) is 11.8 Å². The van der Waals surface area contributed by atoms with E-state index in [0.29, 0.717) is 16.0 Å². The van der Waals surface area contributed by atoms with Gasteiger partial charge in [0.2, 0.25) is 0 Å². The van der Waals surface area contributed by atoms with E-state index < -0.39 is 10.0 Å². The third-order valence-corrected chi connectivity index (χ3v) is 5.17. The Balaban J connectivity index is 2.03. The van der Waals surface area contributed by atoms with Gasteiger partial charge in [-0.3, -0.25) is 4.72 Å². The molecule has 0 aliphatic carbocycles. The largest absolute Gasteiger partial charge is 0.263 e. The summed E-state index contributed by atoms with van der Waals surface area (Å²) in [5, 5.41) is 13.4. The van der Waals surface area contributed by atoms with Crippen LogP contribution in [0, 0.1) is 18.3 Å². The molecule has 0 amide bonds. The Labute approximate surface area is 153 Å². The first-order chi connectivity index (χ1) is 11.9. The normalized spacial score (nSPS) is 11.1. The van der Waals surface area contributed by atoms with Crippen LogP contribution in [0.25, 0.3) is 5.69 Å². The molecule has 0 spiro atoms. The molecule has 1 N–H and O–H groups in total. The summed E-state index contributed by atoms with van der Waals surface area (Å²) in [6, 6.07) is 17.1. The second-order valence-corrected chi connectivity index (χ2v) is 7.91. The van der Waals surface area contributed by atoms with Gasteiger partial charge in [-0.05, 0) is 37.3 Å². The lowest BCUT2D eigenvalue weighted by Gasteiger charge is -2.11. The first-order valence-corrected chi connectivity index (χ1v) is 9.52.